The van der Waals surface area contributed by atoms with Gasteiger partial charge < -0.3 is 64.8 Å². The first-order chi connectivity index (χ1) is 46.0. The lowest BCUT2D eigenvalue weighted by atomic mass is 9.84. The Morgan fingerprint density at radius 1 is 0.663 bits per heavy atom. The fraction of sp³-hybridized carbons (Fsp3) is 0.739. The summed E-state index contributed by atoms with van der Waals surface area (Å²) in [5, 5.41) is 8.05. The third kappa shape index (κ3) is 20.1. The van der Waals surface area contributed by atoms with Crippen LogP contribution in [0.15, 0.2) is 18.2 Å². The van der Waals surface area contributed by atoms with Gasteiger partial charge in [0.15, 0.2) is 0 Å². The Balaban J connectivity index is 1.42. The van der Waals surface area contributed by atoms with E-state index in [1.54, 1.807) is 20.8 Å². The van der Waals surface area contributed by atoms with Crippen LogP contribution in [0, 0.1) is 23.7 Å². The quantitative estimate of drug-likeness (QED) is 0.278. The number of aryl methyl sites for hydroxylation is 1. The summed E-state index contributed by atoms with van der Waals surface area (Å²) in [6, 6.07) is -5.81. The number of morpholine rings is 1. The molecule has 1 aromatic carbocycles. The van der Waals surface area contributed by atoms with Gasteiger partial charge in [-0.2, -0.15) is 13.2 Å². The molecule has 548 valence electrons. The number of alkyl halides is 3. The maximum atomic E-state index is 15.4. The number of likely N-dealkylation sites (N-methyl/N-ethyl adjacent to an activating group) is 7. The van der Waals surface area contributed by atoms with Gasteiger partial charge in [0, 0.05) is 69.0 Å². The second kappa shape index (κ2) is 35.3. The van der Waals surface area contributed by atoms with E-state index in [2.05, 4.69) is 16.0 Å². The summed E-state index contributed by atoms with van der Waals surface area (Å²) in [6.45, 7) is 9.66. The van der Waals surface area contributed by atoms with Crippen molar-refractivity contribution in [2.45, 2.75) is 205 Å². The zero-order chi connectivity index (χ0) is 72.8. The van der Waals surface area contributed by atoms with Gasteiger partial charge in [-0.15, -0.1) is 0 Å². The number of nitrogens with one attached hydrogen (secondary N) is 3. The number of ether oxygens (including phenoxy) is 1. The maximum Gasteiger partial charge on any atom is 0.417 e. The van der Waals surface area contributed by atoms with Crippen molar-refractivity contribution in [1.29, 1.82) is 0 Å². The van der Waals surface area contributed by atoms with E-state index >= 15 is 14.4 Å². The van der Waals surface area contributed by atoms with Crippen LogP contribution in [0.25, 0.3) is 0 Å². The molecule has 1 spiro atoms. The molecule has 0 unspecified atom stereocenters. The van der Waals surface area contributed by atoms with Crippen LogP contribution in [-0.2, 0) is 74.9 Å². The number of carbonyl (C=O) groups excluding carboxylic acids is 12. The van der Waals surface area contributed by atoms with Gasteiger partial charge >= 0.3 is 6.18 Å². The highest BCUT2D eigenvalue weighted by Crippen LogP contribution is 2.37. The lowest BCUT2D eigenvalue weighted by Gasteiger charge is -2.42. The molecule has 3 N–H and O–H groups in total. The minimum absolute atomic E-state index is 0.0150. The zero-order valence-electron chi connectivity index (χ0n) is 59.6. The smallest absolute Gasteiger partial charge is 0.378 e. The molecule has 2 saturated carbocycles. The fourth-order valence-corrected chi connectivity index (χ4v) is 14.6. The number of amides is 12. The van der Waals surface area contributed by atoms with Crippen molar-refractivity contribution in [1.82, 2.24) is 60.0 Å². The summed E-state index contributed by atoms with van der Waals surface area (Å²) in [5.74, 6) is -9.41. The third-order valence-corrected chi connectivity index (χ3v) is 20.9. The zero-order valence-corrected chi connectivity index (χ0v) is 60.4. The molecule has 8 atom stereocenters. The molecule has 98 heavy (non-hydrogen) atoms. The van der Waals surface area contributed by atoms with Gasteiger partial charge in [0.25, 0.3) is 0 Å². The van der Waals surface area contributed by atoms with Crippen LogP contribution >= 0.6 is 11.6 Å². The number of fused-ring (bicyclic) bond motifs is 1. The molecule has 29 heteroatoms. The Kier molecular flexibility index (Phi) is 28.8. The van der Waals surface area contributed by atoms with Gasteiger partial charge in [-0.25, -0.2) is 0 Å². The standard InChI is InChI=1S/C69H106ClF3N12O13/c1-14-44(6)58-65(95)79(9)40-56(88)77(7)41-57(89)81(11)52(37-45-21-16-15-17-22-45)63(93)78(8)39-54(86)74-49(27-25-46-24-26-47(48(70)36-46)69(71,72)73)62(92)85-30-20-23-50(85)61(91)76-68(28-18-19-29-68)67(97)83(13)59(43(4)5)66(96)82(12)53(64(94)84-31-33-98-34-32-84)38-55(87)80(10)51(35-42(2)3)60(90)75-58/h24,26,36,42-45,49-53,58-59H,14-23,25,27-35,37-41H2,1-13H3,(H,74,86)(H,75,90)(H,76,91)/t44-,49-,50-,51-,52-,53-,58-,59-/m0/s1. The van der Waals surface area contributed by atoms with Gasteiger partial charge in [0.05, 0.1) is 49.9 Å². The Morgan fingerprint density at radius 2 is 1.28 bits per heavy atom. The van der Waals surface area contributed by atoms with E-state index in [0.29, 0.717) is 31.2 Å². The number of nitrogens with zero attached hydrogens (tertiary/aromatic N) is 9. The number of hydrogen-bond donors (Lipinski definition) is 3. The summed E-state index contributed by atoms with van der Waals surface area (Å²) in [6.07, 6.45) is 1.08. The van der Waals surface area contributed by atoms with Gasteiger partial charge in [-0.05, 0) is 92.7 Å². The first-order valence-electron chi connectivity index (χ1n) is 34.8. The van der Waals surface area contributed by atoms with Crippen molar-refractivity contribution >= 4 is 82.5 Å². The second-order valence-corrected chi connectivity index (χ2v) is 29.0. The van der Waals surface area contributed by atoms with E-state index in [1.165, 1.54) is 79.9 Å². The van der Waals surface area contributed by atoms with E-state index in [-0.39, 0.29) is 89.6 Å². The molecular weight excluding hydrogens is 1300 g/mol. The van der Waals surface area contributed by atoms with Crippen molar-refractivity contribution < 1.29 is 75.4 Å². The minimum Gasteiger partial charge on any atom is -0.378 e. The Hall–Kier alpha value is -7.10. The average Bonchev–Trinajstić information content (AvgIpc) is 1.30. The molecule has 6 rings (SSSR count). The van der Waals surface area contributed by atoms with Crippen molar-refractivity contribution in [3.05, 3.63) is 34.3 Å². The van der Waals surface area contributed by atoms with Crippen molar-refractivity contribution in [2.75, 3.05) is 102 Å². The molecule has 0 bridgehead atoms. The molecule has 0 aromatic heterocycles. The van der Waals surface area contributed by atoms with Crippen molar-refractivity contribution in [2.24, 2.45) is 23.7 Å². The Morgan fingerprint density at radius 3 is 1.87 bits per heavy atom. The Labute approximate surface area is 580 Å². The largest absolute Gasteiger partial charge is 0.417 e. The molecule has 1 aromatic rings. The lowest BCUT2D eigenvalue weighted by molar-refractivity contribution is -0.157. The van der Waals surface area contributed by atoms with Crippen LogP contribution < -0.4 is 16.0 Å². The van der Waals surface area contributed by atoms with Crippen LogP contribution in [0.3, 0.4) is 0 Å². The monoisotopic (exact) mass is 1400 g/mol. The molecule has 3 saturated heterocycles. The van der Waals surface area contributed by atoms with Crippen molar-refractivity contribution in [3.63, 3.8) is 0 Å². The summed E-state index contributed by atoms with van der Waals surface area (Å²) in [7, 11) is 9.76. The van der Waals surface area contributed by atoms with Crippen LogP contribution in [0.2, 0.25) is 5.02 Å². The number of rotatable bonds is 11. The van der Waals surface area contributed by atoms with E-state index in [9.17, 15) is 56.3 Å². The van der Waals surface area contributed by atoms with E-state index in [1.807, 2.05) is 20.8 Å². The van der Waals surface area contributed by atoms with E-state index < -0.39 is 173 Å². The van der Waals surface area contributed by atoms with Crippen LogP contribution in [0.5, 0.6) is 0 Å². The maximum absolute atomic E-state index is 15.4. The van der Waals surface area contributed by atoms with Gasteiger partial charge in [0.1, 0.15) is 47.8 Å². The number of halogens is 4. The fourth-order valence-electron chi connectivity index (χ4n) is 14.3. The minimum atomic E-state index is -4.76. The summed E-state index contributed by atoms with van der Waals surface area (Å²) in [4.78, 5) is 189. The number of benzene rings is 1. The topological polar surface area (TPSA) is 279 Å². The molecule has 0 radical (unpaired) electrons. The lowest BCUT2D eigenvalue weighted by Crippen LogP contribution is -2.65. The van der Waals surface area contributed by atoms with Gasteiger partial charge in [-0.1, -0.05) is 111 Å². The van der Waals surface area contributed by atoms with Crippen molar-refractivity contribution in [3.8, 4) is 0 Å². The first kappa shape index (κ1) is 79.9. The van der Waals surface area contributed by atoms with E-state index in [0.717, 1.165) is 63.8 Å². The molecular formula is C69H106ClF3N12O13. The highest BCUT2D eigenvalue weighted by Gasteiger charge is 2.51. The molecule has 3 heterocycles. The normalized spacial score (nSPS) is 26.2. The summed E-state index contributed by atoms with van der Waals surface area (Å²) >= 11 is 6.14. The van der Waals surface area contributed by atoms with Gasteiger partial charge in [0.2, 0.25) is 70.9 Å². The van der Waals surface area contributed by atoms with Crippen LogP contribution in [0.1, 0.15) is 155 Å². The summed E-state index contributed by atoms with van der Waals surface area (Å²) < 4.78 is 47.1. The molecule has 5 aliphatic rings. The molecule has 3 aliphatic heterocycles. The average molecular weight is 1400 g/mol. The molecule has 5 fully saturated rings. The molecule has 2 aliphatic carbocycles. The first-order valence-corrected chi connectivity index (χ1v) is 35.1. The number of carbonyl (C=O) groups is 12. The third-order valence-electron chi connectivity index (χ3n) is 20.5. The van der Waals surface area contributed by atoms with Crippen LogP contribution in [-0.4, -0.2) is 265 Å². The molecule has 25 nitrogen and oxygen atoms in total. The predicted molar refractivity (Wildman–Crippen MR) is 359 cm³/mol. The highest BCUT2D eigenvalue weighted by atomic mass is 35.5. The van der Waals surface area contributed by atoms with Crippen LogP contribution in [0.4, 0.5) is 13.2 Å². The predicted octanol–water partition coefficient (Wildman–Crippen LogP) is 4.35. The second-order valence-electron chi connectivity index (χ2n) is 28.6. The summed E-state index contributed by atoms with van der Waals surface area (Å²) in [5.41, 5.74) is -2.38. The van der Waals surface area contributed by atoms with Gasteiger partial charge in [-0.3, -0.25) is 57.5 Å². The number of hydrogen-bond acceptors (Lipinski definition) is 13. The van der Waals surface area contributed by atoms with E-state index in [4.69, 9.17) is 16.3 Å². The Bertz CT molecular complexity index is 3050. The molecule has 12 amide bonds. The highest BCUT2D eigenvalue weighted by molar-refractivity contribution is 6.31. The SMILES string of the molecule is CC[C@H](C)[C@@H]1NC(=O)[C@H](CC(C)C)N(C)C(=O)C[C@@H](C(=O)N2CCOCC2)N(C)C(=O)[C@H](C(C)C)N(C)C(=O)C2(CCCC2)NC(=O)[C@@H]2CCCN2C(=O)[C@H](CCc2ccc(C(F)(F)F)c(Cl)c2)NC(=O)CN(C)C(=O)[C@H](CC2CCCCC2)N(C)C(=O)CN(C)C(=O)CN(C)C1=O.